The van der Waals surface area contributed by atoms with Gasteiger partial charge < -0.3 is 14.4 Å². The number of ether oxygens (including phenoxy) is 2. The third-order valence-corrected chi connectivity index (χ3v) is 7.99. The minimum absolute atomic E-state index is 0.00778. The number of carbonyl (C=O) groups is 1. The zero-order valence-electron chi connectivity index (χ0n) is 19.4. The lowest BCUT2D eigenvalue weighted by molar-refractivity contribution is -0.123. The molecule has 1 aliphatic rings. The highest BCUT2D eigenvalue weighted by Crippen LogP contribution is 2.33. The molecule has 0 unspecified atom stereocenters. The molecule has 1 saturated heterocycles. The molecule has 174 valence electrons. The van der Waals surface area contributed by atoms with Gasteiger partial charge in [-0.1, -0.05) is 19.9 Å². The van der Waals surface area contributed by atoms with Crippen molar-refractivity contribution >= 4 is 21.6 Å². The van der Waals surface area contributed by atoms with Crippen molar-refractivity contribution in [2.45, 2.75) is 37.5 Å². The maximum absolute atomic E-state index is 13.4. The molecule has 0 bridgehead atoms. The van der Waals surface area contributed by atoms with Crippen molar-refractivity contribution in [1.29, 1.82) is 0 Å². The summed E-state index contributed by atoms with van der Waals surface area (Å²) in [4.78, 5) is 14.8. The van der Waals surface area contributed by atoms with E-state index in [1.165, 1.54) is 11.4 Å². The number of hydrogen-bond donors (Lipinski definition) is 0. The molecule has 0 N–H and O–H groups in total. The van der Waals surface area contributed by atoms with Crippen molar-refractivity contribution in [3.63, 3.8) is 0 Å². The number of sulfonamides is 1. The maximum atomic E-state index is 13.4. The molecule has 2 aromatic carbocycles. The lowest BCUT2D eigenvalue weighted by Crippen LogP contribution is -2.43. The van der Waals surface area contributed by atoms with Gasteiger partial charge in [0.1, 0.15) is 16.4 Å². The lowest BCUT2D eigenvalue weighted by Gasteiger charge is -2.33. The van der Waals surface area contributed by atoms with Gasteiger partial charge in [0.25, 0.3) is 0 Å². The predicted octanol–water partition coefficient (Wildman–Crippen LogP) is 3.89. The number of nitrogens with zero attached hydrogens (tertiary/aromatic N) is 2. The van der Waals surface area contributed by atoms with Gasteiger partial charge >= 0.3 is 0 Å². The normalized spacial score (nSPS) is 15.6. The summed E-state index contributed by atoms with van der Waals surface area (Å²) in [5, 5.41) is 0. The Morgan fingerprint density at radius 3 is 2.19 bits per heavy atom. The minimum Gasteiger partial charge on any atom is -0.497 e. The Bertz CT molecular complexity index is 1040. The second-order valence-corrected chi connectivity index (χ2v) is 10.2. The monoisotopic (exact) mass is 460 g/mol. The molecule has 1 amide bonds. The number of methoxy groups -OCH3 is 2. The lowest BCUT2D eigenvalue weighted by atomic mass is 9.96. The molecule has 1 fully saturated rings. The zero-order valence-corrected chi connectivity index (χ0v) is 20.2. The highest BCUT2D eigenvalue weighted by molar-refractivity contribution is 7.89. The number of amides is 1. The molecular formula is C24H32N2O5S. The van der Waals surface area contributed by atoms with Crippen LogP contribution in [0.1, 0.15) is 38.2 Å². The smallest absolute Gasteiger partial charge is 0.246 e. The molecule has 0 aliphatic carbocycles. The van der Waals surface area contributed by atoms with Gasteiger partial charge in [-0.3, -0.25) is 4.79 Å². The van der Waals surface area contributed by atoms with Crippen LogP contribution < -0.4 is 14.4 Å². The first-order valence-corrected chi connectivity index (χ1v) is 12.2. The van der Waals surface area contributed by atoms with E-state index >= 15 is 0 Å². The van der Waals surface area contributed by atoms with E-state index in [1.807, 2.05) is 44.2 Å². The second kappa shape index (κ2) is 9.92. The molecule has 0 saturated carbocycles. The number of benzene rings is 2. The summed E-state index contributed by atoms with van der Waals surface area (Å²) in [5.74, 6) is 1.03. The van der Waals surface area contributed by atoms with E-state index in [2.05, 4.69) is 0 Å². The minimum atomic E-state index is -3.72. The molecule has 0 spiro atoms. The van der Waals surface area contributed by atoms with Crippen LogP contribution in [0.3, 0.4) is 0 Å². The molecule has 3 rings (SSSR count). The first kappa shape index (κ1) is 24.1. The Labute approximate surface area is 191 Å². The molecule has 1 aliphatic heterocycles. The molecule has 0 atom stereocenters. The fraction of sp³-hybridized carbons (Fsp3) is 0.458. The molecule has 32 heavy (non-hydrogen) atoms. The van der Waals surface area contributed by atoms with E-state index in [0.717, 1.165) is 17.0 Å². The fourth-order valence-electron chi connectivity index (χ4n) is 3.94. The summed E-state index contributed by atoms with van der Waals surface area (Å²) in [7, 11) is 1.10. The van der Waals surface area contributed by atoms with Crippen LogP contribution in [0.2, 0.25) is 0 Å². The number of carbonyl (C=O) groups excluding carboxylic acids is 1. The maximum Gasteiger partial charge on any atom is 0.246 e. The second-order valence-electron chi connectivity index (χ2n) is 8.34. The van der Waals surface area contributed by atoms with Crippen LogP contribution in [0.15, 0.2) is 47.4 Å². The number of rotatable bonds is 7. The van der Waals surface area contributed by atoms with E-state index in [4.69, 9.17) is 9.47 Å². The summed E-state index contributed by atoms with van der Waals surface area (Å²) < 4.78 is 38.7. The van der Waals surface area contributed by atoms with Crippen LogP contribution in [0, 0.1) is 5.92 Å². The Morgan fingerprint density at radius 2 is 1.66 bits per heavy atom. The van der Waals surface area contributed by atoms with E-state index in [9.17, 15) is 13.2 Å². The Morgan fingerprint density at radius 1 is 1.03 bits per heavy atom. The molecule has 0 radical (unpaired) electrons. The summed E-state index contributed by atoms with van der Waals surface area (Å²) in [5.41, 5.74) is 1.72. The van der Waals surface area contributed by atoms with Crippen molar-refractivity contribution in [3.8, 4) is 11.5 Å². The molecule has 7 nitrogen and oxygen atoms in total. The van der Waals surface area contributed by atoms with Gasteiger partial charge in [-0.25, -0.2) is 8.42 Å². The Hall–Kier alpha value is -2.58. The van der Waals surface area contributed by atoms with E-state index in [-0.39, 0.29) is 22.6 Å². The van der Waals surface area contributed by atoms with E-state index < -0.39 is 10.0 Å². The molecule has 2 aromatic rings. The van der Waals surface area contributed by atoms with Crippen LogP contribution in [-0.4, -0.2) is 53.0 Å². The number of hydrogen-bond acceptors (Lipinski definition) is 5. The van der Waals surface area contributed by atoms with Gasteiger partial charge in [0, 0.05) is 31.7 Å². The van der Waals surface area contributed by atoms with Crippen LogP contribution in [0.4, 0.5) is 5.69 Å². The van der Waals surface area contributed by atoms with E-state index in [0.29, 0.717) is 31.7 Å². The summed E-state index contributed by atoms with van der Waals surface area (Å²) in [6.07, 6.45) is 0.954. The van der Waals surface area contributed by atoms with Crippen LogP contribution in [0.25, 0.3) is 0 Å². The summed E-state index contributed by atoms with van der Waals surface area (Å²) in [6.45, 7) is 4.64. The van der Waals surface area contributed by atoms with Crippen LogP contribution in [-0.2, 0) is 14.8 Å². The molecule has 0 aromatic heterocycles. The van der Waals surface area contributed by atoms with Gasteiger partial charge in [-0.2, -0.15) is 4.31 Å². The van der Waals surface area contributed by atoms with E-state index in [1.54, 1.807) is 31.2 Å². The SMILES string of the molecule is COc1ccc(N(C)C(=O)C2CCN(S(=O)(=O)c3cc(C(C)C)ccc3OC)CC2)cc1. The molecule has 1 heterocycles. The summed E-state index contributed by atoms with van der Waals surface area (Å²) in [6, 6.07) is 12.6. The van der Waals surface area contributed by atoms with Gasteiger partial charge in [0.15, 0.2) is 0 Å². The van der Waals surface area contributed by atoms with Crippen molar-refractivity contribution < 1.29 is 22.7 Å². The highest BCUT2D eigenvalue weighted by atomic mass is 32.2. The molecule has 8 heteroatoms. The molecular weight excluding hydrogens is 428 g/mol. The van der Waals surface area contributed by atoms with Crippen molar-refractivity contribution in [2.24, 2.45) is 5.92 Å². The Balaban J connectivity index is 1.72. The first-order chi connectivity index (χ1) is 15.2. The fourth-order valence-corrected chi connectivity index (χ4v) is 5.60. The highest BCUT2D eigenvalue weighted by Gasteiger charge is 2.35. The topological polar surface area (TPSA) is 76.2 Å². The van der Waals surface area contributed by atoms with Gasteiger partial charge in [0.2, 0.25) is 15.9 Å². The predicted molar refractivity (Wildman–Crippen MR) is 125 cm³/mol. The van der Waals surface area contributed by atoms with Gasteiger partial charge in [0.05, 0.1) is 14.2 Å². The average Bonchev–Trinajstić information content (AvgIpc) is 2.82. The van der Waals surface area contributed by atoms with Crippen molar-refractivity contribution in [3.05, 3.63) is 48.0 Å². The third kappa shape index (κ3) is 4.91. The number of piperidine rings is 1. The zero-order chi connectivity index (χ0) is 23.5. The quantitative estimate of drug-likeness (QED) is 0.627. The third-order valence-electron chi connectivity index (χ3n) is 6.07. The van der Waals surface area contributed by atoms with Gasteiger partial charge in [-0.05, 0) is 60.7 Å². The van der Waals surface area contributed by atoms with Crippen LogP contribution in [0.5, 0.6) is 11.5 Å². The average molecular weight is 461 g/mol. The largest absolute Gasteiger partial charge is 0.497 e. The Kier molecular flexibility index (Phi) is 7.46. The summed E-state index contributed by atoms with van der Waals surface area (Å²) >= 11 is 0. The van der Waals surface area contributed by atoms with Crippen molar-refractivity contribution in [1.82, 2.24) is 4.31 Å². The number of anilines is 1. The van der Waals surface area contributed by atoms with Gasteiger partial charge in [-0.15, -0.1) is 0 Å². The first-order valence-electron chi connectivity index (χ1n) is 10.8. The standard InChI is InChI=1S/C24H32N2O5S/c1-17(2)19-6-11-22(31-5)23(16-19)32(28,29)26-14-12-18(13-15-26)24(27)25(3)20-7-9-21(30-4)10-8-20/h6-11,16-18H,12-15H2,1-5H3. The van der Waals surface area contributed by atoms with Crippen LogP contribution >= 0.6 is 0 Å². The van der Waals surface area contributed by atoms with Crippen molar-refractivity contribution in [2.75, 3.05) is 39.3 Å².